The Morgan fingerprint density at radius 3 is 2.31 bits per heavy atom. The minimum absolute atomic E-state index is 0.0765. The van der Waals surface area contributed by atoms with Gasteiger partial charge in [0.15, 0.2) is 8.32 Å². The third kappa shape index (κ3) is 5.88. The fourth-order valence-electron chi connectivity index (χ4n) is 3.66. The molecule has 2 atom stereocenters. The van der Waals surface area contributed by atoms with Gasteiger partial charge < -0.3 is 9.16 Å². The van der Waals surface area contributed by atoms with E-state index < -0.39 is 8.32 Å². The van der Waals surface area contributed by atoms with Crippen LogP contribution in [0.25, 0.3) is 0 Å². The molecule has 172 valence electrons. The van der Waals surface area contributed by atoms with Crippen LogP contribution < -0.4 is 0 Å². The number of ether oxygens (including phenoxy) is 1. The van der Waals surface area contributed by atoms with Gasteiger partial charge in [-0.1, -0.05) is 56.6 Å². The lowest BCUT2D eigenvalue weighted by Crippen LogP contribution is -2.43. The van der Waals surface area contributed by atoms with Crippen LogP contribution in [-0.2, 0) is 15.6 Å². The Kier molecular flexibility index (Phi) is 7.64. The van der Waals surface area contributed by atoms with Gasteiger partial charge in [0.1, 0.15) is 0 Å². The molecule has 1 aliphatic rings. The predicted molar refractivity (Wildman–Crippen MR) is 134 cm³/mol. The lowest BCUT2D eigenvalue weighted by Gasteiger charge is -2.40. The van der Waals surface area contributed by atoms with E-state index in [2.05, 4.69) is 46.0 Å². The lowest BCUT2D eigenvalue weighted by molar-refractivity contribution is 0.0600. The van der Waals surface area contributed by atoms with E-state index in [4.69, 9.17) is 25.8 Å². The number of nitrogens with zero attached hydrogens (tertiary/aromatic N) is 1. The van der Waals surface area contributed by atoms with Crippen LogP contribution in [0.4, 0.5) is 0 Å². The quantitative estimate of drug-likeness (QED) is 0.321. The zero-order chi connectivity index (χ0) is 23.5. The summed E-state index contributed by atoms with van der Waals surface area (Å²) in [6, 6.07) is 15.7. The highest BCUT2D eigenvalue weighted by molar-refractivity contribution is 6.74. The minimum Gasteiger partial charge on any atom is -0.465 e. The van der Waals surface area contributed by atoms with Gasteiger partial charge in [0.2, 0.25) is 0 Å². The Morgan fingerprint density at radius 1 is 1.12 bits per heavy atom. The number of rotatable bonds is 7. The van der Waals surface area contributed by atoms with E-state index in [0.717, 1.165) is 35.4 Å². The second-order valence-corrected chi connectivity index (χ2v) is 15.2. The summed E-state index contributed by atoms with van der Waals surface area (Å²) in [7, 11) is -0.599. The van der Waals surface area contributed by atoms with Crippen molar-refractivity contribution in [3.8, 4) is 0 Å². The summed E-state index contributed by atoms with van der Waals surface area (Å²) in [6.07, 6.45) is 2.63. The molecule has 32 heavy (non-hydrogen) atoms. The van der Waals surface area contributed by atoms with Crippen molar-refractivity contribution >= 4 is 31.6 Å². The second kappa shape index (κ2) is 9.90. The molecule has 2 aromatic carbocycles. The number of halogens is 1. The van der Waals surface area contributed by atoms with Gasteiger partial charge >= 0.3 is 5.97 Å². The van der Waals surface area contributed by atoms with Crippen LogP contribution in [0.1, 0.15) is 61.2 Å². The third-order valence-electron chi connectivity index (χ3n) is 6.64. The number of hydrogen-bond donors (Lipinski definition) is 0. The largest absolute Gasteiger partial charge is 0.465 e. The highest BCUT2D eigenvalue weighted by Crippen LogP contribution is 2.42. The van der Waals surface area contributed by atoms with Gasteiger partial charge in [-0.15, -0.1) is 0 Å². The second-order valence-electron chi connectivity index (χ2n) is 10.0. The number of hydrogen-bond acceptors (Lipinski definition) is 4. The van der Waals surface area contributed by atoms with Crippen LogP contribution in [0.3, 0.4) is 0 Å². The van der Waals surface area contributed by atoms with Crippen molar-refractivity contribution in [3.63, 3.8) is 0 Å². The molecule has 6 heteroatoms. The molecule has 0 aromatic heterocycles. The van der Waals surface area contributed by atoms with Crippen molar-refractivity contribution in [2.75, 3.05) is 7.11 Å². The van der Waals surface area contributed by atoms with E-state index in [9.17, 15) is 4.79 Å². The zero-order valence-corrected chi connectivity index (χ0v) is 21.7. The van der Waals surface area contributed by atoms with Gasteiger partial charge in [0.25, 0.3) is 0 Å². The molecule has 0 saturated heterocycles. The fraction of sp³-hybridized carbons (Fsp3) is 0.462. The topological polar surface area (TPSA) is 47.9 Å². The zero-order valence-electron chi connectivity index (χ0n) is 19.9. The summed E-state index contributed by atoms with van der Waals surface area (Å²) >= 11 is 6.15. The van der Waals surface area contributed by atoms with Crippen LogP contribution in [-0.4, -0.2) is 33.2 Å². The van der Waals surface area contributed by atoms with Crippen LogP contribution in [0.15, 0.2) is 53.5 Å². The smallest absolute Gasteiger partial charge is 0.337 e. The van der Waals surface area contributed by atoms with Gasteiger partial charge in [-0.2, -0.15) is 0 Å². The number of carbonyl (C=O) groups excluding carboxylic acids is 1. The molecule has 0 spiro atoms. The summed E-state index contributed by atoms with van der Waals surface area (Å²) in [6.45, 7) is 11.4. The first kappa shape index (κ1) is 24.7. The van der Waals surface area contributed by atoms with E-state index in [-0.39, 0.29) is 23.2 Å². The van der Waals surface area contributed by atoms with Crippen LogP contribution in [0, 0.1) is 0 Å². The molecule has 0 N–H and O–H groups in total. The Balaban J connectivity index is 1.81. The van der Waals surface area contributed by atoms with Gasteiger partial charge in [-0.3, -0.25) is 4.99 Å². The van der Waals surface area contributed by atoms with E-state index in [1.807, 2.05) is 36.4 Å². The Hall–Kier alpha value is -1.95. The van der Waals surface area contributed by atoms with E-state index in [1.165, 1.54) is 12.8 Å². The molecule has 0 saturated carbocycles. The molecular weight excluding hydrogens is 438 g/mol. The molecule has 0 unspecified atom stereocenters. The maximum atomic E-state index is 11.7. The van der Waals surface area contributed by atoms with Crippen molar-refractivity contribution in [1.82, 2.24) is 0 Å². The molecule has 0 radical (unpaired) electrons. The number of carbonyl (C=O) groups is 1. The van der Waals surface area contributed by atoms with Crippen molar-refractivity contribution in [2.45, 2.75) is 70.3 Å². The minimum atomic E-state index is -1.99. The average Bonchev–Trinajstić information content (AvgIpc) is 3.20. The Bertz CT molecular complexity index is 962. The van der Waals surface area contributed by atoms with Gasteiger partial charge in [0, 0.05) is 17.2 Å². The van der Waals surface area contributed by atoms with Crippen molar-refractivity contribution in [2.24, 2.45) is 4.99 Å². The highest BCUT2D eigenvalue weighted by atomic mass is 35.5. The first-order valence-electron chi connectivity index (χ1n) is 11.2. The molecule has 1 heterocycles. The number of aliphatic imine (C=N–C) groups is 1. The molecule has 0 fully saturated rings. The van der Waals surface area contributed by atoms with Gasteiger partial charge in [-0.05, 0) is 66.4 Å². The standard InChI is InChI=1S/C26H34ClNO3Si/c1-26(2,3)32(5,6)31-24(19-11-13-21(27)14-12-19)23-16-15-22(28-23)17-18-7-9-20(10-8-18)25(29)30-4/h7-14,23-24H,15-17H2,1-6H3/t23-,24-/m1/s1. The first-order valence-corrected chi connectivity index (χ1v) is 14.4. The molecule has 0 amide bonds. The lowest BCUT2D eigenvalue weighted by atomic mass is 10.00. The highest BCUT2D eigenvalue weighted by Gasteiger charge is 2.42. The molecule has 3 rings (SSSR count). The SMILES string of the molecule is COC(=O)c1ccc(CC2=N[C@@H]([C@H](O[Si](C)(C)C(C)(C)C)c3ccc(Cl)cc3)CC2)cc1. The van der Waals surface area contributed by atoms with Crippen molar-refractivity contribution < 1.29 is 14.0 Å². The average molecular weight is 472 g/mol. The van der Waals surface area contributed by atoms with E-state index >= 15 is 0 Å². The summed E-state index contributed by atoms with van der Waals surface area (Å²) in [4.78, 5) is 16.8. The first-order chi connectivity index (χ1) is 15.0. The normalized spacial score (nSPS) is 17.7. The molecule has 0 aliphatic carbocycles. The molecule has 4 nitrogen and oxygen atoms in total. The van der Waals surface area contributed by atoms with E-state index in [1.54, 1.807) is 0 Å². The number of methoxy groups -OCH3 is 1. The predicted octanol–water partition coefficient (Wildman–Crippen LogP) is 7.04. The molecule has 1 aliphatic heterocycles. The van der Waals surface area contributed by atoms with E-state index in [0.29, 0.717) is 5.56 Å². The maximum Gasteiger partial charge on any atom is 0.337 e. The van der Waals surface area contributed by atoms with Crippen molar-refractivity contribution in [3.05, 3.63) is 70.2 Å². The van der Waals surface area contributed by atoms with Crippen LogP contribution >= 0.6 is 11.6 Å². The van der Waals surface area contributed by atoms with Crippen molar-refractivity contribution in [1.29, 1.82) is 0 Å². The van der Waals surface area contributed by atoms with Gasteiger partial charge in [0.05, 0.1) is 24.8 Å². The maximum absolute atomic E-state index is 11.7. The molecule has 0 bridgehead atoms. The van der Waals surface area contributed by atoms with Crippen LogP contribution in [0.2, 0.25) is 23.2 Å². The Morgan fingerprint density at radius 2 is 1.75 bits per heavy atom. The summed E-state index contributed by atoms with van der Waals surface area (Å²) in [5.41, 5.74) is 4.02. The number of esters is 1. The monoisotopic (exact) mass is 471 g/mol. The summed E-state index contributed by atoms with van der Waals surface area (Å²) in [5.74, 6) is -0.316. The summed E-state index contributed by atoms with van der Waals surface area (Å²) < 4.78 is 11.7. The summed E-state index contributed by atoms with van der Waals surface area (Å²) in [5, 5.41) is 0.843. The van der Waals surface area contributed by atoms with Gasteiger partial charge in [-0.25, -0.2) is 4.79 Å². The fourth-order valence-corrected chi connectivity index (χ4v) is 5.07. The third-order valence-corrected chi connectivity index (χ3v) is 11.3. The molecule has 2 aromatic rings. The number of benzene rings is 2. The Labute approximate surface area is 198 Å². The molecular formula is C26H34ClNO3Si. The van der Waals surface area contributed by atoms with Crippen LogP contribution in [0.5, 0.6) is 0 Å².